The third-order valence-electron chi connectivity index (χ3n) is 1.27. The highest BCUT2D eigenvalue weighted by Crippen LogP contribution is 2.14. The molecule has 0 aliphatic heterocycles. The highest BCUT2D eigenvalue weighted by atomic mass is 32.1. The maximum absolute atomic E-state index is 11.1. The number of ketones is 1. The van der Waals surface area contributed by atoms with Crippen molar-refractivity contribution in [3.63, 3.8) is 0 Å². The SMILES string of the molecule is CC(=O)CC(=O)Nc1nc(C)cs1. The second-order valence-corrected chi connectivity index (χ2v) is 3.58. The molecule has 1 aromatic heterocycles. The number of hydrogen-bond acceptors (Lipinski definition) is 4. The summed E-state index contributed by atoms with van der Waals surface area (Å²) in [5.74, 6) is -0.451. The Bertz CT molecular complexity index is 333. The molecule has 0 aliphatic rings. The van der Waals surface area contributed by atoms with Gasteiger partial charge in [-0.1, -0.05) is 0 Å². The fraction of sp³-hybridized carbons (Fsp3) is 0.375. The average molecular weight is 198 g/mol. The van der Waals surface area contributed by atoms with Crippen LogP contribution in [0.2, 0.25) is 0 Å². The molecule has 0 aliphatic carbocycles. The second kappa shape index (κ2) is 4.13. The monoisotopic (exact) mass is 198 g/mol. The first-order valence-corrected chi connectivity index (χ1v) is 4.67. The third kappa shape index (κ3) is 3.33. The van der Waals surface area contributed by atoms with Gasteiger partial charge in [0.05, 0.1) is 12.1 Å². The molecule has 1 rings (SSSR count). The first-order chi connectivity index (χ1) is 6.08. The first kappa shape index (κ1) is 9.85. The smallest absolute Gasteiger partial charge is 0.233 e. The molecule has 70 valence electrons. The molecule has 0 unspecified atom stereocenters. The van der Waals surface area contributed by atoms with E-state index in [2.05, 4.69) is 10.3 Å². The highest BCUT2D eigenvalue weighted by Gasteiger charge is 2.06. The molecule has 0 atom stereocenters. The summed E-state index contributed by atoms with van der Waals surface area (Å²) in [6.07, 6.45) is -0.0847. The standard InChI is InChI=1S/C8H10N2O2S/c1-5-4-13-8(9-5)10-7(12)3-6(2)11/h4H,3H2,1-2H3,(H,9,10,12). The molecule has 0 radical (unpaired) electrons. The first-order valence-electron chi connectivity index (χ1n) is 3.79. The molecule has 5 heteroatoms. The molecule has 0 saturated heterocycles. The molecule has 1 heterocycles. The normalized spacial score (nSPS) is 9.69. The van der Waals surface area contributed by atoms with Gasteiger partial charge < -0.3 is 5.32 Å². The third-order valence-corrected chi connectivity index (χ3v) is 2.15. The molecule has 1 aromatic rings. The zero-order valence-electron chi connectivity index (χ0n) is 7.46. The van der Waals surface area contributed by atoms with E-state index in [1.54, 1.807) is 0 Å². The Labute approximate surface area is 80.0 Å². The van der Waals surface area contributed by atoms with Crippen molar-refractivity contribution < 1.29 is 9.59 Å². The van der Waals surface area contributed by atoms with Gasteiger partial charge in [0, 0.05) is 5.38 Å². The minimum absolute atomic E-state index is 0.0847. The molecule has 4 nitrogen and oxygen atoms in total. The van der Waals surface area contributed by atoms with E-state index in [0.717, 1.165) is 5.69 Å². The van der Waals surface area contributed by atoms with Gasteiger partial charge in [-0.3, -0.25) is 9.59 Å². The molecule has 0 fully saturated rings. The van der Waals surface area contributed by atoms with Crippen molar-refractivity contribution in [2.45, 2.75) is 20.3 Å². The summed E-state index contributed by atoms with van der Waals surface area (Å²) in [5, 5.41) is 4.92. The summed E-state index contributed by atoms with van der Waals surface area (Å²) in [5.41, 5.74) is 0.864. The topological polar surface area (TPSA) is 59.1 Å². The average Bonchev–Trinajstić information content (AvgIpc) is 2.33. The number of thiazole rings is 1. The summed E-state index contributed by atoms with van der Waals surface area (Å²) in [4.78, 5) is 25.7. The Balaban J connectivity index is 2.50. The van der Waals surface area contributed by atoms with Crippen LogP contribution in [0.4, 0.5) is 5.13 Å². The largest absolute Gasteiger partial charge is 0.302 e. The number of hydrogen-bond donors (Lipinski definition) is 1. The van der Waals surface area contributed by atoms with Gasteiger partial charge in [-0.25, -0.2) is 4.98 Å². The van der Waals surface area contributed by atoms with Crippen LogP contribution < -0.4 is 5.32 Å². The minimum Gasteiger partial charge on any atom is -0.302 e. The zero-order valence-corrected chi connectivity index (χ0v) is 8.27. The fourth-order valence-corrected chi connectivity index (χ4v) is 1.51. The van der Waals surface area contributed by atoms with Crippen LogP contribution in [0, 0.1) is 6.92 Å². The predicted octanol–water partition coefficient (Wildman–Crippen LogP) is 1.37. The van der Waals surface area contributed by atoms with Crippen molar-refractivity contribution in [1.29, 1.82) is 0 Å². The van der Waals surface area contributed by atoms with E-state index in [-0.39, 0.29) is 18.1 Å². The van der Waals surface area contributed by atoms with E-state index in [1.807, 2.05) is 12.3 Å². The fourth-order valence-electron chi connectivity index (χ4n) is 0.801. The lowest BCUT2D eigenvalue weighted by Crippen LogP contribution is -2.14. The van der Waals surface area contributed by atoms with Crippen LogP contribution >= 0.6 is 11.3 Å². The van der Waals surface area contributed by atoms with Gasteiger partial charge in [0.15, 0.2) is 5.13 Å². The van der Waals surface area contributed by atoms with E-state index in [4.69, 9.17) is 0 Å². The van der Waals surface area contributed by atoms with Crippen LogP contribution in [-0.2, 0) is 9.59 Å². The Hall–Kier alpha value is -1.23. The van der Waals surface area contributed by atoms with Crippen LogP contribution in [0.1, 0.15) is 19.0 Å². The summed E-state index contributed by atoms with van der Waals surface area (Å²) >= 11 is 1.35. The van der Waals surface area contributed by atoms with Crippen LogP contribution in [0.5, 0.6) is 0 Å². The van der Waals surface area contributed by atoms with Crippen molar-refractivity contribution >= 4 is 28.2 Å². The quantitative estimate of drug-likeness (QED) is 0.746. The van der Waals surface area contributed by atoms with E-state index in [1.165, 1.54) is 18.3 Å². The van der Waals surface area contributed by atoms with Gasteiger partial charge >= 0.3 is 0 Å². The summed E-state index contributed by atoms with van der Waals surface area (Å²) < 4.78 is 0. The van der Waals surface area contributed by atoms with Crippen LogP contribution in [0.3, 0.4) is 0 Å². The maximum Gasteiger partial charge on any atom is 0.233 e. The zero-order chi connectivity index (χ0) is 9.84. The van der Waals surface area contributed by atoms with Crippen molar-refractivity contribution in [2.24, 2.45) is 0 Å². The number of rotatable bonds is 3. The number of carbonyl (C=O) groups is 2. The molecular weight excluding hydrogens is 188 g/mol. The van der Waals surface area contributed by atoms with E-state index < -0.39 is 0 Å². The molecule has 13 heavy (non-hydrogen) atoms. The number of aromatic nitrogens is 1. The number of anilines is 1. The number of nitrogens with zero attached hydrogens (tertiary/aromatic N) is 1. The highest BCUT2D eigenvalue weighted by molar-refractivity contribution is 7.13. The van der Waals surface area contributed by atoms with Crippen molar-refractivity contribution in [3.8, 4) is 0 Å². The number of carbonyl (C=O) groups excluding carboxylic acids is 2. The molecule has 1 amide bonds. The number of Topliss-reactive ketones (excluding diaryl/α,β-unsaturated/α-hetero) is 1. The summed E-state index contributed by atoms with van der Waals surface area (Å²) in [6, 6.07) is 0. The maximum atomic E-state index is 11.1. The lowest BCUT2D eigenvalue weighted by molar-refractivity contribution is -0.124. The molecule has 0 spiro atoms. The molecular formula is C8H10N2O2S. The van der Waals surface area contributed by atoms with Crippen molar-refractivity contribution in [3.05, 3.63) is 11.1 Å². The van der Waals surface area contributed by atoms with Crippen molar-refractivity contribution in [1.82, 2.24) is 4.98 Å². The minimum atomic E-state index is -0.304. The van der Waals surface area contributed by atoms with Gasteiger partial charge in [-0.05, 0) is 13.8 Å². The van der Waals surface area contributed by atoms with Crippen LogP contribution in [0.15, 0.2) is 5.38 Å². The van der Waals surface area contributed by atoms with Gasteiger partial charge in [0.2, 0.25) is 5.91 Å². The van der Waals surface area contributed by atoms with Gasteiger partial charge in [0.1, 0.15) is 5.78 Å². The Morgan fingerprint density at radius 3 is 2.77 bits per heavy atom. The Morgan fingerprint density at radius 2 is 2.31 bits per heavy atom. The van der Waals surface area contributed by atoms with E-state index in [0.29, 0.717) is 5.13 Å². The van der Waals surface area contributed by atoms with Crippen LogP contribution in [0.25, 0.3) is 0 Å². The molecule has 0 aromatic carbocycles. The number of aryl methyl sites for hydroxylation is 1. The molecule has 0 bridgehead atoms. The predicted molar refractivity (Wildman–Crippen MR) is 50.8 cm³/mol. The summed E-state index contributed by atoms with van der Waals surface area (Å²) in [6.45, 7) is 3.23. The number of amides is 1. The lowest BCUT2D eigenvalue weighted by Gasteiger charge is -1.97. The second-order valence-electron chi connectivity index (χ2n) is 2.72. The van der Waals surface area contributed by atoms with Crippen LogP contribution in [-0.4, -0.2) is 16.7 Å². The van der Waals surface area contributed by atoms with Crippen molar-refractivity contribution in [2.75, 3.05) is 5.32 Å². The Morgan fingerprint density at radius 1 is 1.62 bits per heavy atom. The molecule has 0 saturated carbocycles. The number of nitrogens with one attached hydrogen (secondary N) is 1. The van der Waals surface area contributed by atoms with Gasteiger partial charge in [-0.15, -0.1) is 11.3 Å². The lowest BCUT2D eigenvalue weighted by atomic mass is 10.3. The van der Waals surface area contributed by atoms with E-state index >= 15 is 0 Å². The Kier molecular flexibility index (Phi) is 3.13. The molecule has 1 N–H and O–H groups in total. The van der Waals surface area contributed by atoms with E-state index in [9.17, 15) is 9.59 Å². The van der Waals surface area contributed by atoms with Gasteiger partial charge in [-0.2, -0.15) is 0 Å². The summed E-state index contributed by atoms with van der Waals surface area (Å²) in [7, 11) is 0. The van der Waals surface area contributed by atoms with Gasteiger partial charge in [0.25, 0.3) is 0 Å².